The van der Waals surface area contributed by atoms with E-state index in [0.717, 1.165) is 11.1 Å². The highest BCUT2D eigenvalue weighted by Crippen LogP contribution is 2.25. The third-order valence-corrected chi connectivity index (χ3v) is 3.43. The lowest BCUT2D eigenvalue weighted by Gasteiger charge is -2.12. The summed E-state index contributed by atoms with van der Waals surface area (Å²) >= 11 is 0. The van der Waals surface area contributed by atoms with E-state index in [9.17, 15) is 14.7 Å². The smallest absolute Gasteiger partial charge is 0.336 e. The molecule has 0 saturated heterocycles. The number of carboxylic acid groups (broad SMARTS) is 2. The van der Waals surface area contributed by atoms with E-state index in [2.05, 4.69) is 0 Å². The van der Waals surface area contributed by atoms with Crippen molar-refractivity contribution in [2.45, 2.75) is 13.3 Å². The van der Waals surface area contributed by atoms with Crippen LogP contribution in [0.2, 0.25) is 0 Å². The highest BCUT2D eigenvalue weighted by Gasteiger charge is 2.20. The number of hydrogen-bond donors (Lipinski definition) is 2. The molecule has 2 aromatic rings. The van der Waals surface area contributed by atoms with Gasteiger partial charge in [-0.1, -0.05) is 54.6 Å². The predicted octanol–water partition coefficient (Wildman–Crippen LogP) is 3.22. The van der Waals surface area contributed by atoms with Gasteiger partial charge >= 0.3 is 11.9 Å². The first-order valence-electron chi connectivity index (χ1n) is 6.80. The van der Waals surface area contributed by atoms with Crippen LogP contribution in [0.25, 0.3) is 5.57 Å². The summed E-state index contributed by atoms with van der Waals surface area (Å²) in [5.74, 6) is -2.47. The van der Waals surface area contributed by atoms with Crippen LogP contribution in [0.4, 0.5) is 0 Å². The van der Waals surface area contributed by atoms with Gasteiger partial charge in [-0.3, -0.25) is 0 Å². The molecule has 0 bridgehead atoms. The SMILES string of the molecule is C/C(C(=O)O)=C(/C(=O)O)c1ccccc1Cc1ccccc1. The normalized spacial score (nSPS) is 11.7. The Morgan fingerprint density at radius 1 is 0.864 bits per heavy atom. The van der Waals surface area contributed by atoms with Crippen molar-refractivity contribution in [3.8, 4) is 0 Å². The Bertz CT molecular complexity index is 730. The quantitative estimate of drug-likeness (QED) is 0.831. The Hall–Kier alpha value is -2.88. The Labute approximate surface area is 128 Å². The van der Waals surface area contributed by atoms with Crippen molar-refractivity contribution in [2.24, 2.45) is 0 Å². The summed E-state index contributed by atoms with van der Waals surface area (Å²) in [5.41, 5.74) is 1.92. The maximum Gasteiger partial charge on any atom is 0.336 e. The molecule has 0 aliphatic carbocycles. The maximum atomic E-state index is 11.5. The minimum Gasteiger partial charge on any atom is -0.478 e. The summed E-state index contributed by atoms with van der Waals surface area (Å²) < 4.78 is 0. The van der Waals surface area contributed by atoms with Crippen molar-refractivity contribution in [3.05, 3.63) is 76.9 Å². The standard InChI is InChI=1S/C18H16O4/c1-12(17(19)20)16(18(21)22)15-10-6-5-9-14(15)11-13-7-3-2-4-8-13/h2-10H,11H2,1H3,(H,19,20)(H,21,22)/b16-12-. The molecular weight excluding hydrogens is 280 g/mol. The lowest BCUT2D eigenvalue weighted by atomic mass is 9.92. The van der Waals surface area contributed by atoms with Crippen molar-refractivity contribution in [2.75, 3.05) is 0 Å². The Morgan fingerprint density at radius 2 is 1.45 bits per heavy atom. The number of hydrogen-bond acceptors (Lipinski definition) is 2. The third kappa shape index (κ3) is 3.41. The summed E-state index contributed by atoms with van der Waals surface area (Å²) in [6, 6.07) is 16.6. The lowest BCUT2D eigenvalue weighted by Crippen LogP contribution is -2.10. The zero-order chi connectivity index (χ0) is 16.1. The molecule has 0 aromatic heterocycles. The molecule has 2 N–H and O–H groups in total. The van der Waals surface area contributed by atoms with E-state index in [1.165, 1.54) is 6.92 Å². The van der Waals surface area contributed by atoms with Gasteiger partial charge < -0.3 is 10.2 Å². The number of aliphatic carboxylic acids is 2. The van der Waals surface area contributed by atoms with Crippen LogP contribution in [-0.2, 0) is 16.0 Å². The molecule has 0 radical (unpaired) electrons. The molecule has 0 atom stereocenters. The lowest BCUT2D eigenvalue weighted by molar-refractivity contribution is -0.134. The second-order valence-corrected chi connectivity index (χ2v) is 4.93. The summed E-state index contributed by atoms with van der Waals surface area (Å²) in [4.78, 5) is 22.7. The fraction of sp³-hybridized carbons (Fsp3) is 0.111. The second kappa shape index (κ2) is 6.72. The molecule has 0 amide bonds. The van der Waals surface area contributed by atoms with Gasteiger partial charge in [0.15, 0.2) is 0 Å². The highest BCUT2D eigenvalue weighted by molar-refractivity contribution is 6.21. The Balaban J connectivity index is 2.54. The molecule has 0 spiro atoms. The molecule has 4 heteroatoms. The third-order valence-electron chi connectivity index (χ3n) is 3.43. The Kier molecular flexibility index (Phi) is 4.73. The van der Waals surface area contributed by atoms with Gasteiger partial charge in [0.2, 0.25) is 0 Å². The van der Waals surface area contributed by atoms with Crippen molar-refractivity contribution in [1.82, 2.24) is 0 Å². The molecule has 0 aliphatic rings. The van der Waals surface area contributed by atoms with Crippen molar-refractivity contribution in [3.63, 3.8) is 0 Å². The van der Waals surface area contributed by atoms with Gasteiger partial charge in [-0.15, -0.1) is 0 Å². The van der Waals surface area contributed by atoms with Crippen molar-refractivity contribution >= 4 is 17.5 Å². The van der Waals surface area contributed by atoms with Gasteiger partial charge in [-0.2, -0.15) is 0 Å². The van der Waals surface area contributed by atoms with E-state index in [1.807, 2.05) is 42.5 Å². The average molecular weight is 296 g/mol. The van der Waals surface area contributed by atoms with Gasteiger partial charge in [0.1, 0.15) is 0 Å². The molecule has 4 nitrogen and oxygen atoms in total. The topological polar surface area (TPSA) is 74.6 Å². The monoisotopic (exact) mass is 296 g/mol. The zero-order valence-corrected chi connectivity index (χ0v) is 12.1. The van der Waals surface area contributed by atoms with E-state index < -0.39 is 11.9 Å². The first-order valence-corrected chi connectivity index (χ1v) is 6.80. The maximum absolute atomic E-state index is 11.5. The second-order valence-electron chi connectivity index (χ2n) is 4.93. The molecule has 0 aliphatic heterocycles. The molecule has 22 heavy (non-hydrogen) atoms. The van der Waals surface area contributed by atoms with Gasteiger partial charge in [0.05, 0.1) is 5.57 Å². The average Bonchev–Trinajstić information content (AvgIpc) is 2.49. The minimum atomic E-state index is -1.24. The fourth-order valence-corrected chi connectivity index (χ4v) is 2.32. The molecule has 0 unspecified atom stereocenters. The fourth-order valence-electron chi connectivity index (χ4n) is 2.32. The first kappa shape index (κ1) is 15.5. The predicted molar refractivity (Wildman–Crippen MR) is 83.6 cm³/mol. The summed E-state index contributed by atoms with van der Waals surface area (Å²) in [6.07, 6.45) is 0.542. The molecule has 2 rings (SSSR count). The molecule has 2 aromatic carbocycles. The van der Waals surface area contributed by atoms with Crippen LogP contribution in [-0.4, -0.2) is 22.2 Å². The van der Waals surface area contributed by atoms with Crippen LogP contribution in [0.5, 0.6) is 0 Å². The van der Waals surface area contributed by atoms with Crippen LogP contribution in [0.1, 0.15) is 23.6 Å². The molecular formula is C18H16O4. The van der Waals surface area contributed by atoms with Gasteiger partial charge in [0, 0.05) is 5.57 Å². The van der Waals surface area contributed by atoms with Crippen LogP contribution in [0, 0.1) is 0 Å². The molecule has 0 fully saturated rings. The minimum absolute atomic E-state index is 0.168. The number of carboxylic acids is 2. The highest BCUT2D eigenvalue weighted by atomic mass is 16.4. The van der Waals surface area contributed by atoms with E-state index in [1.54, 1.807) is 12.1 Å². The van der Waals surface area contributed by atoms with E-state index in [-0.39, 0.29) is 11.1 Å². The van der Waals surface area contributed by atoms with Crippen LogP contribution >= 0.6 is 0 Å². The Morgan fingerprint density at radius 3 is 2.05 bits per heavy atom. The summed E-state index contributed by atoms with van der Waals surface area (Å²) in [5, 5.41) is 18.5. The number of carbonyl (C=O) groups is 2. The van der Waals surface area contributed by atoms with Gasteiger partial charge in [0.25, 0.3) is 0 Å². The number of rotatable bonds is 5. The first-order chi connectivity index (χ1) is 10.5. The van der Waals surface area contributed by atoms with Crippen LogP contribution in [0.3, 0.4) is 0 Å². The summed E-state index contributed by atoms with van der Waals surface area (Å²) in [7, 11) is 0. The van der Waals surface area contributed by atoms with E-state index in [0.29, 0.717) is 12.0 Å². The van der Waals surface area contributed by atoms with Crippen molar-refractivity contribution in [1.29, 1.82) is 0 Å². The summed E-state index contributed by atoms with van der Waals surface area (Å²) in [6.45, 7) is 1.31. The molecule has 0 saturated carbocycles. The van der Waals surface area contributed by atoms with Gasteiger partial charge in [-0.25, -0.2) is 9.59 Å². The van der Waals surface area contributed by atoms with Gasteiger partial charge in [-0.05, 0) is 30.0 Å². The zero-order valence-electron chi connectivity index (χ0n) is 12.1. The number of benzene rings is 2. The van der Waals surface area contributed by atoms with Crippen LogP contribution < -0.4 is 0 Å². The van der Waals surface area contributed by atoms with Crippen molar-refractivity contribution < 1.29 is 19.8 Å². The largest absolute Gasteiger partial charge is 0.478 e. The van der Waals surface area contributed by atoms with E-state index in [4.69, 9.17) is 5.11 Å². The van der Waals surface area contributed by atoms with E-state index >= 15 is 0 Å². The molecule has 0 heterocycles. The van der Waals surface area contributed by atoms with Crippen LogP contribution in [0.15, 0.2) is 60.2 Å². The molecule has 112 valence electrons.